The average Bonchev–Trinajstić information content (AvgIpc) is 3.14. The molecule has 0 unspecified atom stereocenters. The van der Waals surface area contributed by atoms with Crippen molar-refractivity contribution in [3.05, 3.63) is 162 Å². The highest BCUT2D eigenvalue weighted by Gasteiger charge is 2.23. The summed E-state index contributed by atoms with van der Waals surface area (Å²) in [5.74, 6) is -0.626. The summed E-state index contributed by atoms with van der Waals surface area (Å²) in [4.78, 5) is 4.25. The molecule has 0 aliphatic heterocycles. The zero-order chi connectivity index (χ0) is 32.8. The topological polar surface area (TPSA) is 54.1 Å². The van der Waals surface area contributed by atoms with Gasteiger partial charge in [-0.3, -0.25) is 0 Å². The van der Waals surface area contributed by atoms with E-state index in [4.69, 9.17) is 0 Å². The molecule has 0 radical (unpaired) electrons. The Morgan fingerprint density at radius 1 is 0.479 bits per heavy atom. The molecule has 0 amide bonds. The van der Waals surface area contributed by atoms with Crippen LogP contribution < -0.4 is 9.80 Å². The fourth-order valence-corrected chi connectivity index (χ4v) is 6.82. The molecule has 1 aliphatic rings. The van der Waals surface area contributed by atoms with Crippen LogP contribution in [0.5, 0.6) is 0 Å². The van der Waals surface area contributed by atoms with E-state index in [0.29, 0.717) is 18.4 Å². The van der Waals surface area contributed by atoms with Crippen LogP contribution in [0.4, 0.5) is 37.2 Å². The minimum absolute atomic E-state index is 0.307. The van der Waals surface area contributed by atoms with Gasteiger partial charge in [-0.1, -0.05) is 36.4 Å². The summed E-state index contributed by atoms with van der Waals surface area (Å²) in [7, 11) is 0. The molecule has 0 bridgehead atoms. The summed E-state index contributed by atoms with van der Waals surface area (Å²) < 4.78 is 28.2. The van der Waals surface area contributed by atoms with Gasteiger partial charge in [-0.2, -0.15) is 10.5 Å². The van der Waals surface area contributed by atoms with E-state index in [2.05, 4.69) is 70.5 Å². The van der Waals surface area contributed by atoms with Crippen molar-refractivity contribution in [1.82, 2.24) is 0 Å². The minimum Gasteiger partial charge on any atom is -0.314 e. The summed E-state index contributed by atoms with van der Waals surface area (Å²) in [6, 6.07) is 41.7. The quantitative estimate of drug-likeness (QED) is 0.173. The number of nitriles is 2. The molecule has 0 aromatic heterocycles. The maximum atomic E-state index is 14.1. The van der Waals surface area contributed by atoms with Gasteiger partial charge in [0.1, 0.15) is 11.6 Å². The second kappa shape index (κ2) is 11.7. The van der Waals surface area contributed by atoms with E-state index < -0.39 is 0 Å². The van der Waals surface area contributed by atoms with E-state index in [-0.39, 0.29) is 11.6 Å². The number of anilines is 5. The van der Waals surface area contributed by atoms with Gasteiger partial charge in [0.15, 0.2) is 0 Å². The Bertz CT molecular complexity index is 2480. The van der Waals surface area contributed by atoms with Crippen molar-refractivity contribution in [2.45, 2.75) is 12.8 Å². The van der Waals surface area contributed by atoms with Crippen LogP contribution in [0.1, 0.15) is 18.4 Å². The first-order chi connectivity index (χ1) is 23.5. The van der Waals surface area contributed by atoms with Crippen molar-refractivity contribution in [2.24, 2.45) is 0 Å². The predicted molar refractivity (Wildman–Crippen MR) is 189 cm³/mol. The van der Waals surface area contributed by atoms with Crippen LogP contribution in [-0.2, 0) is 0 Å². The maximum absolute atomic E-state index is 14.1. The van der Waals surface area contributed by atoms with Gasteiger partial charge < -0.3 is 9.80 Å². The Kier molecular flexibility index (Phi) is 7.05. The molecule has 7 aromatic rings. The minimum atomic E-state index is -0.320. The van der Waals surface area contributed by atoms with Gasteiger partial charge in [0.05, 0.1) is 29.1 Å². The van der Waals surface area contributed by atoms with Gasteiger partial charge in [-0.05, 0) is 131 Å². The second-order valence-electron chi connectivity index (χ2n) is 11.8. The third kappa shape index (κ3) is 4.88. The first-order valence-corrected chi connectivity index (χ1v) is 15.6. The molecule has 0 spiro atoms. The lowest BCUT2D eigenvalue weighted by atomic mass is 9.91. The molecule has 0 atom stereocenters. The molecule has 0 heterocycles. The fraction of sp³-hybridized carbons (Fsp3) is 0.0476. The third-order valence-corrected chi connectivity index (χ3v) is 9.08. The van der Waals surface area contributed by atoms with Crippen LogP contribution in [0.3, 0.4) is 0 Å². The molecule has 6 heteroatoms. The molecule has 0 fully saturated rings. The number of allylic oxidation sites excluding steroid dienone is 4. The van der Waals surface area contributed by atoms with E-state index in [0.717, 1.165) is 72.0 Å². The normalized spacial score (nSPS) is 12.8. The smallest absolute Gasteiger partial charge is 0.123 e. The van der Waals surface area contributed by atoms with Gasteiger partial charge in [0, 0.05) is 39.1 Å². The molecular formula is C42H26F2N4. The molecular weight excluding hydrogens is 598 g/mol. The highest BCUT2D eigenvalue weighted by Crippen LogP contribution is 2.47. The lowest BCUT2D eigenvalue weighted by molar-refractivity contribution is 0.627. The Balaban J connectivity index is 1.38. The first-order valence-electron chi connectivity index (χ1n) is 15.6. The van der Waals surface area contributed by atoms with Crippen molar-refractivity contribution >= 4 is 60.8 Å². The molecule has 0 N–H and O–H groups in total. The van der Waals surface area contributed by atoms with Crippen LogP contribution >= 0.6 is 0 Å². The summed E-state index contributed by atoms with van der Waals surface area (Å²) in [6.07, 6.45) is 5.15. The van der Waals surface area contributed by atoms with Crippen LogP contribution in [0.15, 0.2) is 145 Å². The van der Waals surface area contributed by atoms with Crippen molar-refractivity contribution in [2.75, 3.05) is 9.80 Å². The standard InChI is InChI=1S/C42H26F2N4/c43-31-9-17-35(18-10-31)47(33-13-1-27(25-45)2-14-33)39-23-7-29-6-22-38-40(24-8-30-5-21-37(39)41(29)42(30)38)48(36-19-11-32(44)12-20-36)34-15-3-28(26-46)4-16-34/h1-3,5-15,17-24H,4,16H2. The van der Waals surface area contributed by atoms with Crippen molar-refractivity contribution < 1.29 is 8.78 Å². The number of rotatable bonds is 6. The zero-order valence-corrected chi connectivity index (χ0v) is 25.7. The molecule has 228 valence electrons. The summed E-state index contributed by atoms with van der Waals surface area (Å²) in [5, 5.41) is 25.3. The lowest BCUT2D eigenvalue weighted by Crippen LogP contribution is -2.18. The van der Waals surface area contributed by atoms with Gasteiger partial charge >= 0.3 is 0 Å². The van der Waals surface area contributed by atoms with Crippen molar-refractivity contribution in [3.8, 4) is 12.1 Å². The molecule has 0 saturated heterocycles. The van der Waals surface area contributed by atoms with E-state index in [1.165, 1.54) is 24.3 Å². The number of benzene rings is 7. The SMILES string of the molecule is N#CC1=CC=C(N(c2ccc(F)cc2)c2ccc3ccc4c(N(c5ccc(F)cc5)c5ccc(C#N)cc5)ccc5ccc2c3c54)CC1. The Labute approximate surface area is 276 Å². The molecule has 0 saturated carbocycles. The average molecular weight is 625 g/mol. The van der Waals surface area contributed by atoms with Gasteiger partial charge in [0.2, 0.25) is 0 Å². The summed E-state index contributed by atoms with van der Waals surface area (Å²) in [6.45, 7) is 0. The molecule has 7 aromatic carbocycles. The Morgan fingerprint density at radius 2 is 0.958 bits per heavy atom. The van der Waals surface area contributed by atoms with E-state index in [1.807, 2.05) is 24.3 Å². The van der Waals surface area contributed by atoms with Crippen LogP contribution in [0.2, 0.25) is 0 Å². The highest BCUT2D eigenvalue weighted by molar-refractivity contribution is 6.28. The van der Waals surface area contributed by atoms with Crippen LogP contribution in [0, 0.1) is 34.3 Å². The third-order valence-electron chi connectivity index (χ3n) is 9.08. The highest BCUT2D eigenvalue weighted by atomic mass is 19.1. The van der Waals surface area contributed by atoms with Crippen molar-refractivity contribution in [3.63, 3.8) is 0 Å². The lowest BCUT2D eigenvalue weighted by Gasteiger charge is -2.31. The van der Waals surface area contributed by atoms with Gasteiger partial charge in [-0.25, -0.2) is 8.78 Å². The fourth-order valence-electron chi connectivity index (χ4n) is 6.82. The van der Waals surface area contributed by atoms with Crippen molar-refractivity contribution in [1.29, 1.82) is 10.5 Å². The number of nitrogens with zero attached hydrogens (tertiary/aromatic N) is 4. The molecule has 1 aliphatic carbocycles. The molecule has 4 nitrogen and oxygen atoms in total. The zero-order valence-electron chi connectivity index (χ0n) is 25.7. The summed E-state index contributed by atoms with van der Waals surface area (Å²) >= 11 is 0. The van der Waals surface area contributed by atoms with Gasteiger partial charge in [-0.15, -0.1) is 0 Å². The van der Waals surface area contributed by atoms with E-state index in [9.17, 15) is 19.3 Å². The Morgan fingerprint density at radius 3 is 1.44 bits per heavy atom. The number of halogens is 2. The van der Waals surface area contributed by atoms with Crippen LogP contribution in [-0.4, -0.2) is 0 Å². The second-order valence-corrected chi connectivity index (χ2v) is 11.8. The predicted octanol–water partition coefficient (Wildman–Crippen LogP) is 11.5. The largest absolute Gasteiger partial charge is 0.314 e. The molecule has 8 rings (SSSR count). The monoisotopic (exact) mass is 624 g/mol. The Hall–Kier alpha value is -6.50. The van der Waals surface area contributed by atoms with Crippen LogP contribution in [0.25, 0.3) is 32.3 Å². The van der Waals surface area contributed by atoms with Gasteiger partial charge in [0.25, 0.3) is 0 Å². The maximum Gasteiger partial charge on any atom is 0.123 e. The first kappa shape index (κ1) is 28.9. The molecule has 48 heavy (non-hydrogen) atoms. The van der Waals surface area contributed by atoms with E-state index >= 15 is 0 Å². The summed E-state index contributed by atoms with van der Waals surface area (Å²) in [5.41, 5.74) is 6.62. The number of hydrogen-bond donors (Lipinski definition) is 0. The van der Waals surface area contributed by atoms with E-state index in [1.54, 1.807) is 36.4 Å². The number of hydrogen-bond acceptors (Lipinski definition) is 4.